The van der Waals surface area contributed by atoms with E-state index >= 15 is 0 Å². The molecule has 0 aromatic heterocycles. The van der Waals surface area contributed by atoms with Crippen molar-refractivity contribution in [2.24, 2.45) is 21.7 Å². The number of carbonyl (C=O) groups excluding carboxylic acids is 1. The normalized spacial score (nSPS) is 23.6. The number of rotatable bonds is 7. The van der Waals surface area contributed by atoms with E-state index in [1.54, 1.807) is 7.11 Å². The van der Waals surface area contributed by atoms with Gasteiger partial charge in [-0.05, 0) is 37.5 Å². The number of nitrogens with two attached hydrogens (primary N) is 1. The zero-order chi connectivity index (χ0) is 15.3. The molecule has 0 atom stereocenters. The molecule has 2 aliphatic carbocycles. The fraction of sp³-hybridized carbons (Fsp3) is 0.867. The molecule has 0 aromatic rings. The summed E-state index contributed by atoms with van der Waals surface area (Å²) in [6.07, 6.45) is 7.56. The first-order valence-corrected chi connectivity index (χ1v) is 7.84. The topological polar surface area (TPSA) is 96.9 Å². The highest BCUT2D eigenvalue weighted by Gasteiger charge is 2.47. The molecular weight excluding hydrogens is 270 g/mol. The third-order valence-electron chi connectivity index (χ3n) is 5.16. The van der Waals surface area contributed by atoms with Crippen molar-refractivity contribution in [3.05, 3.63) is 0 Å². The van der Waals surface area contributed by atoms with E-state index in [1.165, 1.54) is 0 Å². The molecule has 21 heavy (non-hydrogen) atoms. The van der Waals surface area contributed by atoms with E-state index in [9.17, 15) is 4.79 Å². The molecule has 0 radical (unpaired) electrons. The molecule has 2 fully saturated rings. The summed E-state index contributed by atoms with van der Waals surface area (Å²) in [6.45, 7) is 1.39. The molecule has 6 heteroatoms. The van der Waals surface area contributed by atoms with Gasteiger partial charge in [-0.2, -0.15) is 0 Å². The van der Waals surface area contributed by atoms with Gasteiger partial charge in [0, 0.05) is 20.3 Å². The molecular formula is C15H27N3O3. The second-order valence-corrected chi connectivity index (χ2v) is 6.55. The van der Waals surface area contributed by atoms with Crippen LogP contribution in [0.25, 0.3) is 0 Å². The van der Waals surface area contributed by atoms with E-state index in [0.29, 0.717) is 19.4 Å². The standard InChI is InChI=1S/C15H27N3O3/c1-21-10-9-14(7-8-14)11-17-13(19)15(12(16)18-20)5-3-2-4-6-15/h20H,2-11H2,1H3,(H2,16,18)(H,17,19). The van der Waals surface area contributed by atoms with Crippen LogP contribution in [0.15, 0.2) is 5.16 Å². The summed E-state index contributed by atoms with van der Waals surface area (Å²) < 4.78 is 5.13. The summed E-state index contributed by atoms with van der Waals surface area (Å²) in [6, 6.07) is 0. The van der Waals surface area contributed by atoms with Gasteiger partial charge in [0.25, 0.3) is 0 Å². The molecule has 0 unspecified atom stereocenters. The minimum atomic E-state index is -0.815. The highest BCUT2D eigenvalue weighted by atomic mass is 16.5. The van der Waals surface area contributed by atoms with Crippen LogP contribution >= 0.6 is 0 Å². The molecule has 0 aromatic carbocycles. The maximum absolute atomic E-state index is 12.7. The SMILES string of the molecule is COCCC1(CNC(=O)C2(C(N)=NO)CCCCC2)CC1. The number of amidine groups is 1. The minimum absolute atomic E-state index is 0.0569. The van der Waals surface area contributed by atoms with Crippen molar-refractivity contribution >= 4 is 11.7 Å². The van der Waals surface area contributed by atoms with Crippen LogP contribution in [-0.4, -0.2) is 37.2 Å². The Kier molecular flexibility index (Phi) is 5.08. The summed E-state index contributed by atoms with van der Waals surface area (Å²) >= 11 is 0. The van der Waals surface area contributed by atoms with Crippen LogP contribution < -0.4 is 11.1 Å². The fourth-order valence-corrected chi connectivity index (χ4v) is 3.30. The molecule has 2 saturated carbocycles. The second-order valence-electron chi connectivity index (χ2n) is 6.55. The lowest BCUT2D eigenvalue weighted by Gasteiger charge is -2.35. The first-order chi connectivity index (χ1) is 10.1. The Morgan fingerprint density at radius 2 is 1.95 bits per heavy atom. The summed E-state index contributed by atoms with van der Waals surface area (Å²) in [4.78, 5) is 12.7. The van der Waals surface area contributed by atoms with Gasteiger partial charge < -0.3 is 21.0 Å². The maximum Gasteiger partial charge on any atom is 0.233 e. The summed E-state index contributed by atoms with van der Waals surface area (Å²) in [7, 11) is 1.70. The molecule has 120 valence electrons. The number of hydrogen-bond acceptors (Lipinski definition) is 4. The van der Waals surface area contributed by atoms with Gasteiger partial charge >= 0.3 is 0 Å². The van der Waals surface area contributed by atoms with Gasteiger partial charge in [0.15, 0.2) is 5.84 Å². The minimum Gasteiger partial charge on any atom is -0.409 e. The van der Waals surface area contributed by atoms with Crippen LogP contribution in [0.5, 0.6) is 0 Å². The van der Waals surface area contributed by atoms with Gasteiger partial charge in [-0.15, -0.1) is 0 Å². The Labute approximate surface area is 126 Å². The van der Waals surface area contributed by atoms with Gasteiger partial charge in [0.1, 0.15) is 5.41 Å². The summed E-state index contributed by atoms with van der Waals surface area (Å²) in [5, 5.41) is 15.2. The Bertz CT molecular complexity index is 399. The van der Waals surface area contributed by atoms with Crippen LogP contribution in [-0.2, 0) is 9.53 Å². The van der Waals surface area contributed by atoms with Gasteiger partial charge in [0.2, 0.25) is 5.91 Å². The molecule has 0 bridgehead atoms. The monoisotopic (exact) mass is 297 g/mol. The average molecular weight is 297 g/mol. The van der Waals surface area contributed by atoms with Crippen molar-refractivity contribution in [3.63, 3.8) is 0 Å². The highest BCUT2D eigenvalue weighted by molar-refractivity contribution is 6.06. The van der Waals surface area contributed by atoms with Crippen molar-refractivity contribution in [3.8, 4) is 0 Å². The largest absolute Gasteiger partial charge is 0.409 e. The van der Waals surface area contributed by atoms with Crippen LogP contribution in [0.4, 0.5) is 0 Å². The van der Waals surface area contributed by atoms with Gasteiger partial charge in [-0.1, -0.05) is 24.4 Å². The number of nitrogens with one attached hydrogen (secondary N) is 1. The van der Waals surface area contributed by atoms with Gasteiger partial charge in [-0.3, -0.25) is 4.79 Å². The molecule has 0 heterocycles. The average Bonchev–Trinajstić information content (AvgIpc) is 3.31. The number of carbonyl (C=O) groups is 1. The van der Waals surface area contributed by atoms with E-state index in [4.69, 9.17) is 15.7 Å². The molecule has 2 aliphatic rings. The Morgan fingerprint density at radius 3 is 2.48 bits per heavy atom. The predicted octanol–water partition coefficient (Wildman–Crippen LogP) is 1.62. The van der Waals surface area contributed by atoms with Crippen molar-refractivity contribution in [2.75, 3.05) is 20.3 Å². The number of methoxy groups -OCH3 is 1. The molecule has 2 rings (SSSR count). The smallest absolute Gasteiger partial charge is 0.233 e. The number of ether oxygens (including phenoxy) is 1. The van der Waals surface area contributed by atoms with Crippen LogP contribution in [0, 0.1) is 10.8 Å². The van der Waals surface area contributed by atoms with Gasteiger partial charge in [-0.25, -0.2) is 0 Å². The van der Waals surface area contributed by atoms with E-state index in [-0.39, 0.29) is 17.2 Å². The second kappa shape index (κ2) is 6.64. The Hall–Kier alpha value is -1.30. The van der Waals surface area contributed by atoms with Crippen molar-refractivity contribution in [2.45, 2.75) is 51.4 Å². The predicted molar refractivity (Wildman–Crippen MR) is 80.1 cm³/mol. The first kappa shape index (κ1) is 16.1. The van der Waals surface area contributed by atoms with Crippen LogP contribution in [0.1, 0.15) is 51.4 Å². The van der Waals surface area contributed by atoms with Crippen molar-refractivity contribution < 1.29 is 14.7 Å². The summed E-state index contributed by atoms with van der Waals surface area (Å²) in [5.74, 6) is -0.0253. The zero-order valence-electron chi connectivity index (χ0n) is 12.9. The summed E-state index contributed by atoms with van der Waals surface area (Å²) in [5.41, 5.74) is 5.22. The molecule has 6 nitrogen and oxygen atoms in total. The Balaban J connectivity index is 1.96. The van der Waals surface area contributed by atoms with Crippen molar-refractivity contribution in [1.82, 2.24) is 5.32 Å². The third kappa shape index (κ3) is 3.48. The van der Waals surface area contributed by atoms with E-state index < -0.39 is 5.41 Å². The van der Waals surface area contributed by atoms with E-state index in [2.05, 4.69) is 10.5 Å². The lowest BCUT2D eigenvalue weighted by atomic mass is 9.72. The molecule has 0 spiro atoms. The lowest BCUT2D eigenvalue weighted by molar-refractivity contribution is -0.129. The maximum atomic E-state index is 12.7. The van der Waals surface area contributed by atoms with Crippen LogP contribution in [0.2, 0.25) is 0 Å². The fourth-order valence-electron chi connectivity index (χ4n) is 3.30. The van der Waals surface area contributed by atoms with Gasteiger partial charge in [0.05, 0.1) is 0 Å². The quantitative estimate of drug-likeness (QED) is 0.288. The molecule has 0 aliphatic heterocycles. The number of oxime groups is 1. The lowest BCUT2D eigenvalue weighted by Crippen LogP contribution is -2.52. The number of nitrogens with zero attached hydrogens (tertiary/aromatic N) is 1. The highest BCUT2D eigenvalue weighted by Crippen LogP contribution is 2.48. The molecule has 0 saturated heterocycles. The molecule has 4 N–H and O–H groups in total. The number of amides is 1. The van der Waals surface area contributed by atoms with Crippen LogP contribution in [0.3, 0.4) is 0 Å². The zero-order valence-corrected chi connectivity index (χ0v) is 12.9. The first-order valence-electron chi connectivity index (χ1n) is 7.84. The Morgan fingerprint density at radius 1 is 1.29 bits per heavy atom. The van der Waals surface area contributed by atoms with E-state index in [1.807, 2.05) is 0 Å². The number of hydrogen-bond donors (Lipinski definition) is 3. The third-order valence-corrected chi connectivity index (χ3v) is 5.16. The van der Waals surface area contributed by atoms with E-state index in [0.717, 1.165) is 45.1 Å². The van der Waals surface area contributed by atoms with Crippen molar-refractivity contribution in [1.29, 1.82) is 0 Å². The molecule has 1 amide bonds.